The Hall–Kier alpha value is -2.96. The van der Waals surface area contributed by atoms with Gasteiger partial charge in [-0.1, -0.05) is 24.3 Å². The van der Waals surface area contributed by atoms with Crippen LogP contribution in [0.1, 0.15) is 62.3 Å². The number of hydrogen-bond donors (Lipinski definition) is 3. The molecule has 4 aromatic rings. The molecule has 0 amide bonds. The maximum Gasteiger partial charge on any atom is 0.195 e. The van der Waals surface area contributed by atoms with E-state index in [4.69, 9.17) is 0 Å². The number of nitrogens with one attached hydrogen (secondary N) is 3. The molecule has 0 aliphatic carbocycles. The van der Waals surface area contributed by atoms with Gasteiger partial charge in [-0.15, -0.1) is 11.3 Å². The second-order valence-corrected chi connectivity index (χ2v) is 9.01. The van der Waals surface area contributed by atoms with Crippen LogP contribution in [0.4, 0.5) is 0 Å². The molecular formula is C25H27N3O2S. The molecule has 0 saturated heterocycles. The van der Waals surface area contributed by atoms with E-state index in [2.05, 4.69) is 51.1 Å². The van der Waals surface area contributed by atoms with Gasteiger partial charge in [0.05, 0.1) is 11.7 Å². The number of rotatable bonds is 8. The van der Waals surface area contributed by atoms with Gasteiger partial charge in [-0.25, -0.2) is 0 Å². The number of hydrogen-bond acceptors (Lipinski definition) is 4. The van der Waals surface area contributed by atoms with Crippen LogP contribution in [-0.2, 0) is 0 Å². The second kappa shape index (κ2) is 8.65. The molecule has 31 heavy (non-hydrogen) atoms. The number of aromatic amines is 2. The summed E-state index contributed by atoms with van der Waals surface area (Å²) in [6, 6.07) is 12.1. The van der Waals surface area contributed by atoms with Crippen LogP contribution in [0.15, 0.2) is 48.0 Å². The molecule has 5 nitrogen and oxygen atoms in total. The number of Topliss-reactive ketones (excluding diaryl/α,β-unsaturated/α-hetero) is 2. The highest BCUT2D eigenvalue weighted by Crippen LogP contribution is 2.33. The predicted molar refractivity (Wildman–Crippen MR) is 127 cm³/mol. The molecule has 0 saturated carbocycles. The minimum Gasteiger partial charge on any atom is -0.361 e. The van der Waals surface area contributed by atoms with E-state index in [9.17, 15) is 9.59 Å². The summed E-state index contributed by atoms with van der Waals surface area (Å²) in [4.78, 5) is 32.8. The molecule has 0 aliphatic heterocycles. The molecule has 6 heteroatoms. The number of para-hydroxylation sites is 1. The van der Waals surface area contributed by atoms with E-state index in [0.717, 1.165) is 16.8 Å². The fraction of sp³-hybridized carbons (Fsp3) is 0.280. The van der Waals surface area contributed by atoms with Crippen molar-refractivity contribution in [1.82, 2.24) is 15.3 Å². The molecule has 0 fully saturated rings. The minimum atomic E-state index is -0.385. The summed E-state index contributed by atoms with van der Waals surface area (Å²) >= 11 is 1.72. The zero-order valence-corrected chi connectivity index (χ0v) is 19.0. The van der Waals surface area contributed by atoms with Crippen LogP contribution in [0, 0.1) is 13.8 Å². The van der Waals surface area contributed by atoms with Crippen molar-refractivity contribution in [2.45, 2.75) is 39.7 Å². The van der Waals surface area contributed by atoms with E-state index < -0.39 is 0 Å². The Bertz CT molecular complexity index is 1230. The number of carbonyl (C=O) groups excluding carboxylic acids is 2. The van der Waals surface area contributed by atoms with E-state index in [1.165, 1.54) is 22.8 Å². The predicted octanol–water partition coefficient (Wildman–Crippen LogP) is 5.37. The molecule has 0 radical (unpaired) electrons. The monoisotopic (exact) mass is 433 g/mol. The smallest absolute Gasteiger partial charge is 0.195 e. The van der Waals surface area contributed by atoms with Crippen molar-refractivity contribution in [2.75, 3.05) is 6.54 Å². The number of H-pyrrole nitrogens is 2. The standard InChI is InChI=1S/C25H27N3O2S/c1-14-23(17(4)29)15(2)28-24(14)25(30)16(3)26-13-20(22-10-7-11-31-22)19-12-27-21-9-6-5-8-18(19)21/h5-12,16,20,26-28H,13H2,1-4H3/t16-,20-/m0/s1. The van der Waals surface area contributed by atoms with Crippen molar-refractivity contribution in [3.8, 4) is 0 Å². The molecule has 0 unspecified atom stereocenters. The summed E-state index contributed by atoms with van der Waals surface area (Å²) < 4.78 is 0. The van der Waals surface area contributed by atoms with Gasteiger partial charge >= 0.3 is 0 Å². The van der Waals surface area contributed by atoms with Crippen LogP contribution in [0.3, 0.4) is 0 Å². The quantitative estimate of drug-likeness (QED) is 0.327. The van der Waals surface area contributed by atoms with Crippen molar-refractivity contribution in [1.29, 1.82) is 0 Å². The average Bonchev–Trinajstić information content (AvgIpc) is 3.47. The number of benzene rings is 1. The Labute approximate surface area is 185 Å². The van der Waals surface area contributed by atoms with Crippen LogP contribution in [-0.4, -0.2) is 34.1 Å². The van der Waals surface area contributed by atoms with Gasteiger partial charge in [-0.2, -0.15) is 0 Å². The first-order chi connectivity index (χ1) is 14.9. The highest BCUT2D eigenvalue weighted by atomic mass is 32.1. The fourth-order valence-electron chi connectivity index (χ4n) is 4.36. The largest absolute Gasteiger partial charge is 0.361 e. The van der Waals surface area contributed by atoms with Crippen molar-refractivity contribution in [3.63, 3.8) is 0 Å². The first-order valence-electron chi connectivity index (χ1n) is 10.5. The number of carbonyl (C=O) groups is 2. The number of fused-ring (bicyclic) bond motifs is 1. The van der Waals surface area contributed by atoms with Crippen molar-refractivity contribution in [2.24, 2.45) is 0 Å². The number of aromatic nitrogens is 2. The SMILES string of the molecule is CC(=O)c1c(C)[nH]c(C(=O)[C@H](C)NC[C@H](c2cccs2)c2c[nH]c3ccccc23)c1C. The highest BCUT2D eigenvalue weighted by Gasteiger charge is 2.25. The van der Waals surface area contributed by atoms with Gasteiger partial charge in [0.15, 0.2) is 11.6 Å². The minimum absolute atomic E-state index is 0.0250. The maximum absolute atomic E-state index is 13.1. The van der Waals surface area contributed by atoms with Crippen molar-refractivity contribution >= 4 is 33.8 Å². The molecule has 0 spiro atoms. The van der Waals surface area contributed by atoms with Gasteiger partial charge in [0, 0.05) is 45.7 Å². The summed E-state index contributed by atoms with van der Waals surface area (Å²) in [6.07, 6.45) is 2.07. The summed E-state index contributed by atoms with van der Waals surface area (Å²) in [5.74, 6) is 0.0746. The first-order valence-corrected chi connectivity index (χ1v) is 11.3. The normalized spacial score (nSPS) is 13.4. The van der Waals surface area contributed by atoms with E-state index in [0.29, 0.717) is 17.8 Å². The Morgan fingerprint density at radius 3 is 2.58 bits per heavy atom. The van der Waals surface area contributed by atoms with Crippen LogP contribution < -0.4 is 5.32 Å². The summed E-state index contributed by atoms with van der Waals surface area (Å²) in [5, 5.41) is 6.73. The molecule has 3 heterocycles. The lowest BCUT2D eigenvalue weighted by Crippen LogP contribution is -2.37. The molecule has 3 N–H and O–H groups in total. The molecule has 0 aliphatic rings. The molecule has 0 bridgehead atoms. The molecule has 3 aromatic heterocycles. The molecule has 2 atom stereocenters. The number of ketones is 2. The third kappa shape index (κ3) is 4.01. The Kier molecular flexibility index (Phi) is 5.94. The maximum atomic E-state index is 13.1. The van der Waals surface area contributed by atoms with Gasteiger partial charge in [-0.3, -0.25) is 9.59 Å². The fourth-order valence-corrected chi connectivity index (χ4v) is 5.21. The highest BCUT2D eigenvalue weighted by molar-refractivity contribution is 7.10. The molecule has 1 aromatic carbocycles. The van der Waals surface area contributed by atoms with Gasteiger partial charge < -0.3 is 15.3 Å². The lowest BCUT2D eigenvalue weighted by molar-refractivity contribution is 0.0945. The third-order valence-corrected chi connectivity index (χ3v) is 6.93. The Balaban J connectivity index is 1.57. The Morgan fingerprint density at radius 1 is 1.13 bits per heavy atom. The van der Waals surface area contributed by atoms with Crippen LogP contribution in [0.5, 0.6) is 0 Å². The summed E-state index contributed by atoms with van der Waals surface area (Å²) in [5.41, 5.74) is 4.94. The van der Waals surface area contributed by atoms with Crippen LogP contribution in [0.25, 0.3) is 10.9 Å². The van der Waals surface area contributed by atoms with Gasteiger partial charge in [0.1, 0.15) is 0 Å². The van der Waals surface area contributed by atoms with E-state index >= 15 is 0 Å². The Morgan fingerprint density at radius 2 is 1.90 bits per heavy atom. The number of aryl methyl sites for hydroxylation is 1. The van der Waals surface area contributed by atoms with Gasteiger partial charge in [-0.05, 0) is 56.3 Å². The number of thiophene rings is 1. The van der Waals surface area contributed by atoms with Crippen LogP contribution >= 0.6 is 11.3 Å². The summed E-state index contributed by atoms with van der Waals surface area (Å²) in [6.45, 7) is 7.72. The van der Waals surface area contributed by atoms with Crippen molar-refractivity contribution < 1.29 is 9.59 Å². The van der Waals surface area contributed by atoms with E-state index in [1.54, 1.807) is 11.3 Å². The topological polar surface area (TPSA) is 77.8 Å². The third-order valence-electron chi connectivity index (χ3n) is 5.94. The second-order valence-electron chi connectivity index (χ2n) is 8.03. The zero-order valence-electron chi connectivity index (χ0n) is 18.2. The van der Waals surface area contributed by atoms with Gasteiger partial charge in [0.25, 0.3) is 0 Å². The first kappa shape index (κ1) is 21.3. The summed E-state index contributed by atoms with van der Waals surface area (Å²) in [7, 11) is 0. The lowest BCUT2D eigenvalue weighted by atomic mass is 9.96. The molecule has 160 valence electrons. The van der Waals surface area contributed by atoms with Crippen LogP contribution in [0.2, 0.25) is 0 Å². The lowest BCUT2D eigenvalue weighted by Gasteiger charge is -2.19. The van der Waals surface area contributed by atoms with Gasteiger partial charge in [0.2, 0.25) is 0 Å². The van der Waals surface area contributed by atoms with E-state index in [-0.39, 0.29) is 23.5 Å². The van der Waals surface area contributed by atoms with Crippen molar-refractivity contribution in [3.05, 3.63) is 80.9 Å². The molecular weight excluding hydrogens is 406 g/mol. The van der Waals surface area contributed by atoms with E-state index in [1.807, 2.05) is 32.9 Å². The molecule has 4 rings (SSSR count). The zero-order chi connectivity index (χ0) is 22.1. The average molecular weight is 434 g/mol.